The molecule has 0 bridgehead atoms. The summed E-state index contributed by atoms with van der Waals surface area (Å²) in [6.07, 6.45) is -2.68. The van der Waals surface area contributed by atoms with Crippen LogP contribution in [0, 0.1) is 6.92 Å². The second kappa shape index (κ2) is 7.95. The first-order chi connectivity index (χ1) is 15.1. The quantitative estimate of drug-likeness (QED) is 0.643. The van der Waals surface area contributed by atoms with Gasteiger partial charge in [-0.15, -0.1) is 0 Å². The lowest BCUT2D eigenvalue weighted by molar-refractivity contribution is -0.137. The van der Waals surface area contributed by atoms with Gasteiger partial charge in [0.2, 0.25) is 5.95 Å². The second-order valence-electron chi connectivity index (χ2n) is 7.33. The third-order valence-corrected chi connectivity index (χ3v) is 5.14. The van der Waals surface area contributed by atoms with E-state index in [0.29, 0.717) is 35.6 Å². The number of carbonyl (C=O) groups excluding carboxylic acids is 2. The molecule has 0 radical (unpaired) electrons. The third-order valence-electron chi connectivity index (χ3n) is 5.14. The van der Waals surface area contributed by atoms with Gasteiger partial charge in [-0.25, -0.2) is 9.97 Å². The van der Waals surface area contributed by atoms with Crippen LogP contribution in [-0.2, 0) is 12.6 Å². The van der Waals surface area contributed by atoms with Crippen LogP contribution in [0.3, 0.4) is 0 Å². The number of carbonyl (C=O) groups is 2. The highest BCUT2D eigenvalue weighted by molar-refractivity contribution is 6.09. The Hall–Kier alpha value is -3.95. The van der Waals surface area contributed by atoms with Gasteiger partial charge in [0.05, 0.1) is 16.8 Å². The molecule has 32 heavy (non-hydrogen) atoms. The van der Waals surface area contributed by atoms with E-state index in [1.165, 1.54) is 18.3 Å². The first kappa shape index (κ1) is 21.3. The normalized spacial score (nSPS) is 13.6. The minimum Gasteiger partial charge on any atom is -0.368 e. The monoisotopic (exact) mass is 441 g/mol. The van der Waals surface area contributed by atoms with Gasteiger partial charge in [0.25, 0.3) is 11.8 Å². The van der Waals surface area contributed by atoms with Crippen molar-refractivity contribution in [3.8, 4) is 0 Å². The largest absolute Gasteiger partial charge is 0.416 e. The number of nitrogens with two attached hydrogens (primary N) is 1. The Bertz CT molecular complexity index is 1230. The van der Waals surface area contributed by atoms with E-state index >= 15 is 0 Å². The maximum atomic E-state index is 13.0. The number of benzene rings is 2. The fourth-order valence-electron chi connectivity index (χ4n) is 3.51. The maximum Gasteiger partial charge on any atom is 0.416 e. The molecule has 164 valence electrons. The third kappa shape index (κ3) is 4.11. The molecule has 1 aliphatic heterocycles. The molecular formula is C22H18F3N5O2. The Morgan fingerprint density at radius 3 is 2.72 bits per heavy atom. The molecule has 0 aliphatic carbocycles. The maximum absolute atomic E-state index is 13.0. The Morgan fingerprint density at radius 1 is 1.19 bits per heavy atom. The van der Waals surface area contributed by atoms with Crippen molar-refractivity contribution in [2.24, 2.45) is 0 Å². The van der Waals surface area contributed by atoms with Gasteiger partial charge in [-0.1, -0.05) is 12.1 Å². The molecule has 3 N–H and O–H groups in total. The minimum absolute atomic E-state index is 0.0977. The van der Waals surface area contributed by atoms with E-state index in [1.807, 2.05) is 6.92 Å². The van der Waals surface area contributed by atoms with Gasteiger partial charge >= 0.3 is 6.18 Å². The van der Waals surface area contributed by atoms with E-state index in [4.69, 9.17) is 5.73 Å². The van der Waals surface area contributed by atoms with Crippen LogP contribution in [0.5, 0.6) is 0 Å². The molecule has 2 aromatic carbocycles. The van der Waals surface area contributed by atoms with Crippen molar-refractivity contribution >= 4 is 29.1 Å². The molecule has 1 aromatic heterocycles. The predicted octanol–water partition coefficient (Wildman–Crippen LogP) is 3.84. The molecule has 2 heterocycles. The van der Waals surface area contributed by atoms with E-state index in [1.54, 1.807) is 23.1 Å². The van der Waals surface area contributed by atoms with Crippen molar-refractivity contribution in [2.45, 2.75) is 19.5 Å². The highest BCUT2D eigenvalue weighted by Gasteiger charge is 2.31. The average Bonchev–Trinajstić information content (AvgIpc) is 2.75. The number of amides is 2. The van der Waals surface area contributed by atoms with Gasteiger partial charge in [-0.3, -0.25) is 9.59 Å². The lowest BCUT2D eigenvalue weighted by Gasteiger charge is -2.29. The highest BCUT2D eigenvalue weighted by Crippen LogP contribution is 2.31. The smallest absolute Gasteiger partial charge is 0.368 e. The topological polar surface area (TPSA) is 101 Å². The molecule has 0 unspecified atom stereocenters. The van der Waals surface area contributed by atoms with Crippen molar-refractivity contribution < 1.29 is 22.8 Å². The number of alkyl halides is 3. The number of aryl methyl sites for hydroxylation is 1. The van der Waals surface area contributed by atoms with Crippen LogP contribution in [0.1, 0.15) is 37.5 Å². The van der Waals surface area contributed by atoms with E-state index in [0.717, 1.165) is 17.7 Å². The number of nitrogen functional groups attached to an aromatic ring is 1. The summed E-state index contributed by atoms with van der Waals surface area (Å²) in [5.41, 5.74) is 7.19. The van der Waals surface area contributed by atoms with E-state index in [9.17, 15) is 22.8 Å². The van der Waals surface area contributed by atoms with Crippen LogP contribution in [0.25, 0.3) is 0 Å². The van der Waals surface area contributed by atoms with Crippen molar-refractivity contribution in [3.05, 3.63) is 76.6 Å². The standard InChI is InChI=1S/C22H18F3N5O2/c1-12-5-6-15(28-19(31)13-3-2-4-14(9-13)22(23,24)25)10-18(12)30-8-7-17-16(20(30)32)11-27-21(26)29-17/h2-6,9-11H,7-8H2,1H3,(H,28,31)(H2,26,27,29). The van der Waals surface area contributed by atoms with Gasteiger partial charge in [-0.2, -0.15) is 13.2 Å². The summed E-state index contributed by atoms with van der Waals surface area (Å²) in [4.78, 5) is 35.1. The molecule has 0 saturated heterocycles. The number of aromatic nitrogens is 2. The van der Waals surface area contributed by atoms with Gasteiger partial charge in [0.1, 0.15) is 0 Å². The molecule has 4 rings (SSSR count). The fourth-order valence-corrected chi connectivity index (χ4v) is 3.51. The van der Waals surface area contributed by atoms with Crippen LogP contribution in [-0.4, -0.2) is 28.3 Å². The Morgan fingerprint density at radius 2 is 1.97 bits per heavy atom. The van der Waals surface area contributed by atoms with Crippen molar-refractivity contribution in [3.63, 3.8) is 0 Å². The van der Waals surface area contributed by atoms with Crippen LogP contribution in [0.4, 0.5) is 30.5 Å². The predicted molar refractivity (Wildman–Crippen MR) is 112 cm³/mol. The van der Waals surface area contributed by atoms with Crippen LogP contribution >= 0.6 is 0 Å². The zero-order chi connectivity index (χ0) is 23.0. The minimum atomic E-state index is -4.55. The Balaban J connectivity index is 1.59. The second-order valence-corrected chi connectivity index (χ2v) is 7.33. The summed E-state index contributed by atoms with van der Waals surface area (Å²) >= 11 is 0. The zero-order valence-electron chi connectivity index (χ0n) is 16.9. The number of rotatable bonds is 3. The first-order valence-corrected chi connectivity index (χ1v) is 9.66. The summed E-state index contributed by atoms with van der Waals surface area (Å²) in [6.45, 7) is 2.17. The molecular weight excluding hydrogens is 423 g/mol. The SMILES string of the molecule is Cc1ccc(NC(=O)c2cccc(C(F)(F)F)c2)cc1N1CCc2nc(N)ncc2C1=O. The first-order valence-electron chi connectivity index (χ1n) is 9.66. The van der Waals surface area contributed by atoms with Gasteiger partial charge in [0, 0.05) is 36.1 Å². The molecule has 2 amide bonds. The zero-order valence-corrected chi connectivity index (χ0v) is 16.9. The summed E-state index contributed by atoms with van der Waals surface area (Å²) < 4.78 is 38.8. The molecule has 0 spiro atoms. The van der Waals surface area contributed by atoms with E-state index < -0.39 is 17.6 Å². The van der Waals surface area contributed by atoms with Crippen LogP contribution < -0.4 is 16.0 Å². The molecule has 0 atom stereocenters. The van der Waals surface area contributed by atoms with Gasteiger partial charge in [-0.05, 0) is 42.8 Å². The average molecular weight is 441 g/mol. The fraction of sp³-hybridized carbons (Fsp3) is 0.182. The molecule has 10 heteroatoms. The van der Waals surface area contributed by atoms with Crippen molar-refractivity contribution in [1.82, 2.24) is 9.97 Å². The number of nitrogens with one attached hydrogen (secondary N) is 1. The number of hydrogen-bond acceptors (Lipinski definition) is 5. The summed E-state index contributed by atoms with van der Waals surface area (Å²) in [7, 11) is 0. The van der Waals surface area contributed by atoms with E-state index in [2.05, 4.69) is 15.3 Å². The van der Waals surface area contributed by atoms with Gasteiger partial charge in [0.15, 0.2) is 0 Å². The lowest BCUT2D eigenvalue weighted by atomic mass is 10.0. The number of hydrogen-bond donors (Lipinski definition) is 2. The molecule has 7 nitrogen and oxygen atoms in total. The molecule has 0 saturated carbocycles. The molecule has 1 aliphatic rings. The number of anilines is 3. The summed E-state index contributed by atoms with van der Waals surface area (Å²) in [6, 6.07) is 9.13. The molecule has 3 aromatic rings. The van der Waals surface area contributed by atoms with Gasteiger partial charge < -0.3 is 16.0 Å². The van der Waals surface area contributed by atoms with Crippen LogP contribution in [0.2, 0.25) is 0 Å². The summed E-state index contributed by atoms with van der Waals surface area (Å²) in [5, 5.41) is 2.60. The Kier molecular flexibility index (Phi) is 5.29. The van der Waals surface area contributed by atoms with E-state index in [-0.39, 0.29) is 17.4 Å². The number of halogens is 3. The van der Waals surface area contributed by atoms with Crippen molar-refractivity contribution in [2.75, 3.05) is 22.5 Å². The Labute approximate surface area is 181 Å². The number of fused-ring (bicyclic) bond motifs is 1. The highest BCUT2D eigenvalue weighted by atomic mass is 19.4. The summed E-state index contributed by atoms with van der Waals surface area (Å²) in [5.74, 6) is -0.888. The van der Waals surface area contributed by atoms with Crippen LogP contribution in [0.15, 0.2) is 48.7 Å². The van der Waals surface area contributed by atoms with Crippen molar-refractivity contribution in [1.29, 1.82) is 0 Å². The lowest BCUT2D eigenvalue weighted by Crippen LogP contribution is -2.38. The molecule has 0 fully saturated rings. The number of nitrogens with zero attached hydrogens (tertiary/aromatic N) is 3.